The Bertz CT molecular complexity index is 86.1. The van der Waals surface area contributed by atoms with E-state index in [9.17, 15) is 4.79 Å². The number of carbonyl (C=O) groups excluding carboxylic acids is 1. The van der Waals surface area contributed by atoms with Crippen LogP contribution in [0.3, 0.4) is 0 Å². The Morgan fingerprint density at radius 3 is 2.62 bits per heavy atom. The molecule has 0 aromatic heterocycles. The number of rotatable bonds is 2. The molecule has 0 amide bonds. The Hall–Kier alpha value is -0.220. The molecule has 1 atom stereocenters. The molecule has 3 nitrogen and oxygen atoms in total. The Morgan fingerprint density at radius 1 is 2.00 bits per heavy atom. The highest BCUT2D eigenvalue weighted by Gasteiger charge is 2.10. The number of thiol groups is 1. The molecule has 1 N–H and O–H groups in total. The number of hydrogen-bond acceptors (Lipinski definition) is 3. The van der Waals surface area contributed by atoms with E-state index >= 15 is 0 Å². The fourth-order valence-corrected chi connectivity index (χ4v) is 0.366. The first kappa shape index (κ1) is 7.78. The summed E-state index contributed by atoms with van der Waals surface area (Å²) in [4.78, 5) is 10.3. The first-order chi connectivity index (χ1) is 3.72. The van der Waals surface area contributed by atoms with E-state index in [1.54, 1.807) is 0 Å². The molecule has 1 unspecified atom stereocenters. The highest BCUT2D eigenvalue weighted by molar-refractivity contribution is 7.80. The van der Waals surface area contributed by atoms with Crippen molar-refractivity contribution in [1.82, 2.24) is 5.73 Å². The van der Waals surface area contributed by atoms with E-state index in [1.807, 2.05) is 0 Å². The van der Waals surface area contributed by atoms with E-state index in [-0.39, 0.29) is 5.75 Å². The molecular formula is C4H8NO2S. The van der Waals surface area contributed by atoms with Gasteiger partial charge in [-0.1, -0.05) is 0 Å². The Labute approximate surface area is 53.6 Å². The molecule has 0 aromatic carbocycles. The summed E-state index contributed by atoms with van der Waals surface area (Å²) in [5.74, 6) is -0.313. The van der Waals surface area contributed by atoms with Crippen molar-refractivity contribution in [2.24, 2.45) is 0 Å². The molecule has 0 aromatic rings. The molecular weight excluding hydrogens is 126 g/mol. The molecule has 4 heteroatoms. The third-order valence-corrected chi connectivity index (χ3v) is 1.03. The predicted molar refractivity (Wildman–Crippen MR) is 32.8 cm³/mol. The van der Waals surface area contributed by atoms with Crippen LogP contribution in [0.5, 0.6) is 0 Å². The lowest BCUT2D eigenvalue weighted by molar-refractivity contribution is -0.141. The Kier molecular flexibility index (Phi) is 3.64. The number of ether oxygens (including phenoxy) is 1. The normalized spacial score (nSPS) is 12.9. The monoisotopic (exact) mass is 134 g/mol. The summed E-state index contributed by atoms with van der Waals surface area (Å²) in [6.07, 6.45) is 0. The van der Waals surface area contributed by atoms with Crippen LogP contribution in [0, 0.1) is 0 Å². The van der Waals surface area contributed by atoms with Crippen LogP contribution in [0.2, 0.25) is 0 Å². The molecule has 0 spiro atoms. The van der Waals surface area contributed by atoms with Crippen molar-refractivity contribution in [1.29, 1.82) is 0 Å². The van der Waals surface area contributed by atoms with Crippen molar-refractivity contribution in [3.05, 3.63) is 0 Å². The van der Waals surface area contributed by atoms with Crippen molar-refractivity contribution in [3.8, 4) is 0 Å². The molecule has 8 heavy (non-hydrogen) atoms. The molecule has 0 aliphatic heterocycles. The van der Waals surface area contributed by atoms with Gasteiger partial charge in [-0.2, -0.15) is 12.6 Å². The molecule has 0 aliphatic carbocycles. The molecule has 1 radical (unpaired) electrons. The fourth-order valence-electron chi connectivity index (χ4n) is 0.217. The third-order valence-electron chi connectivity index (χ3n) is 0.668. The molecule has 0 heterocycles. The number of esters is 1. The third kappa shape index (κ3) is 2.18. The number of hydrogen-bond donors (Lipinski definition) is 1. The van der Waals surface area contributed by atoms with Gasteiger partial charge in [0.25, 0.3) is 0 Å². The van der Waals surface area contributed by atoms with Crippen molar-refractivity contribution < 1.29 is 9.53 Å². The average Bonchev–Trinajstić information content (AvgIpc) is 1.84. The van der Waals surface area contributed by atoms with Crippen LogP contribution in [0.1, 0.15) is 0 Å². The first-order valence-corrected chi connectivity index (χ1v) is 2.75. The summed E-state index contributed by atoms with van der Waals surface area (Å²) in [5, 5.41) is 0. The molecule has 0 bridgehead atoms. The van der Waals surface area contributed by atoms with Gasteiger partial charge in [-0.3, -0.25) is 4.79 Å². The van der Waals surface area contributed by atoms with E-state index in [4.69, 9.17) is 5.73 Å². The summed E-state index contributed by atoms with van der Waals surface area (Å²) < 4.78 is 4.23. The summed E-state index contributed by atoms with van der Waals surface area (Å²) in [5.41, 5.74) is 6.88. The van der Waals surface area contributed by atoms with E-state index < -0.39 is 12.0 Å². The van der Waals surface area contributed by atoms with Crippen LogP contribution in [-0.2, 0) is 9.53 Å². The van der Waals surface area contributed by atoms with Gasteiger partial charge >= 0.3 is 5.97 Å². The maximum Gasteiger partial charge on any atom is 0.325 e. The second-order valence-electron chi connectivity index (χ2n) is 1.26. The fraction of sp³-hybridized carbons (Fsp3) is 0.750. The van der Waals surface area contributed by atoms with Gasteiger partial charge in [0.2, 0.25) is 0 Å². The van der Waals surface area contributed by atoms with Gasteiger partial charge in [0.1, 0.15) is 6.04 Å². The highest BCUT2D eigenvalue weighted by Crippen LogP contribution is 1.87. The maximum absolute atomic E-state index is 10.3. The molecule has 47 valence electrons. The van der Waals surface area contributed by atoms with Crippen molar-refractivity contribution in [2.75, 3.05) is 12.9 Å². The second-order valence-corrected chi connectivity index (χ2v) is 1.62. The van der Waals surface area contributed by atoms with Gasteiger partial charge < -0.3 is 4.74 Å². The van der Waals surface area contributed by atoms with E-state index in [2.05, 4.69) is 17.4 Å². The lowest BCUT2D eigenvalue weighted by atomic mass is 10.4. The van der Waals surface area contributed by atoms with Crippen LogP contribution in [0.4, 0.5) is 0 Å². The maximum atomic E-state index is 10.3. The second kappa shape index (κ2) is 3.74. The average molecular weight is 134 g/mol. The molecule has 0 rings (SSSR count). The number of carbonyl (C=O) groups is 1. The van der Waals surface area contributed by atoms with Gasteiger partial charge in [0, 0.05) is 5.75 Å². The van der Waals surface area contributed by atoms with Gasteiger partial charge in [-0.25, -0.2) is 5.73 Å². The van der Waals surface area contributed by atoms with Gasteiger partial charge in [-0.15, -0.1) is 0 Å². The van der Waals surface area contributed by atoms with E-state index in [0.717, 1.165) is 0 Å². The Morgan fingerprint density at radius 2 is 2.50 bits per heavy atom. The minimum absolute atomic E-state index is 0.215. The van der Waals surface area contributed by atoms with Crippen LogP contribution in [0.15, 0.2) is 0 Å². The molecule has 0 fully saturated rings. The smallest absolute Gasteiger partial charge is 0.325 e. The lowest BCUT2D eigenvalue weighted by Crippen LogP contribution is -2.24. The van der Waals surface area contributed by atoms with Gasteiger partial charge in [0.05, 0.1) is 7.11 Å². The molecule has 0 saturated heterocycles. The number of methoxy groups -OCH3 is 1. The minimum Gasteiger partial charge on any atom is -0.468 e. The van der Waals surface area contributed by atoms with Crippen molar-refractivity contribution >= 4 is 18.6 Å². The summed E-state index contributed by atoms with van der Waals surface area (Å²) in [6, 6.07) is -0.830. The van der Waals surface area contributed by atoms with Crippen LogP contribution < -0.4 is 5.73 Å². The van der Waals surface area contributed by atoms with Crippen LogP contribution in [-0.4, -0.2) is 24.9 Å². The van der Waals surface area contributed by atoms with Crippen molar-refractivity contribution in [2.45, 2.75) is 6.04 Å². The lowest BCUT2D eigenvalue weighted by Gasteiger charge is -2.01. The highest BCUT2D eigenvalue weighted by atomic mass is 32.1. The number of nitrogens with one attached hydrogen (secondary N) is 1. The zero-order chi connectivity index (χ0) is 6.57. The van der Waals surface area contributed by atoms with Crippen LogP contribution in [0.25, 0.3) is 0 Å². The zero-order valence-electron chi connectivity index (χ0n) is 4.55. The van der Waals surface area contributed by atoms with Gasteiger partial charge in [0.15, 0.2) is 0 Å². The summed E-state index contributed by atoms with van der Waals surface area (Å²) >= 11 is 3.72. The largest absolute Gasteiger partial charge is 0.468 e. The van der Waals surface area contributed by atoms with Gasteiger partial charge in [-0.05, 0) is 0 Å². The zero-order valence-corrected chi connectivity index (χ0v) is 5.44. The standard InChI is InChI=1S/C4H8NO2S/c1-7-4(6)3(5)2-8/h3,5,8H,2H2,1H3. The van der Waals surface area contributed by atoms with Crippen molar-refractivity contribution in [3.63, 3.8) is 0 Å². The van der Waals surface area contributed by atoms with E-state index in [0.29, 0.717) is 0 Å². The Balaban J connectivity index is 3.46. The molecule has 0 saturated carbocycles. The minimum atomic E-state index is -0.830. The predicted octanol–water partition coefficient (Wildman–Crippen LogP) is -0.259. The quantitative estimate of drug-likeness (QED) is 0.418. The van der Waals surface area contributed by atoms with Crippen LogP contribution >= 0.6 is 12.6 Å². The summed E-state index contributed by atoms with van der Waals surface area (Å²) in [6.45, 7) is 0. The summed E-state index contributed by atoms with van der Waals surface area (Å²) in [7, 11) is 1.26. The topological polar surface area (TPSA) is 50.1 Å². The molecule has 0 aliphatic rings. The van der Waals surface area contributed by atoms with E-state index in [1.165, 1.54) is 7.11 Å². The SMILES string of the molecule is COC(=O)C([NH])CS. The first-order valence-electron chi connectivity index (χ1n) is 2.12.